The Bertz CT molecular complexity index is 529. The molecule has 1 aromatic carbocycles. The van der Waals surface area contributed by atoms with E-state index in [0.717, 1.165) is 5.56 Å². The number of rotatable bonds is 3. The minimum atomic E-state index is -1.51. The highest BCUT2D eigenvalue weighted by molar-refractivity contribution is 6.19. The van der Waals surface area contributed by atoms with E-state index in [1.807, 2.05) is 30.3 Å². The number of imide groups is 1. The number of amides is 4. The highest BCUT2D eigenvalue weighted by Gasteiger charge is 2.54. The van der Waals surface area contributed by atoms with Crippen LogP contribution in [0.3, 0.4) is 0 Å². The number of carbonyl (C=O) groups is 3. The Kier molecular flexibility index (Phi) is 3.25. The van der Waals surface area contributed by atoms with E-state index in [9.17, 15) is 14.4 Å². The Balaban J connectivity index is 2.33. The maximum Gasteiger partial charge on any atom is 0.325 e. The van der Waals surface area contributed by atoms with Gasteiger partial charge in [-0.15, -0.1) is 0 Å². The minimum absolute atomic E-state index is 0.197. The molecule has 0 aliphatic carbocycles. The van der Waals surface area contributed by atoms with Crippen LogP contribution in [0.1, 0.15) is 12.5 Å². The lowest BCUT2D eigenvalue weighted by Crippen LogP contribution is -2.57. The fraction of sp³-hybridized carbons (Fsp3) is 0.308. The number of carbonyl (C=O) groups excluding carboxylic acids is 3. The molecule has 1 fully saturated rings. The van der Waals surface area contributed by atoms with Crippen LogP contribution in [0, 0.1) is 0 Å². The van der Waals surface area contributed by atoms with Gasteiger partial charge in [-0.25, -0.2) is 4.79 Å². The molecule has 0 aromatic heterocycles. The van der Waals surface area contributed by atoms with Gasteiger partial charge in [-0.3, -0.25) is 19.8 Å². The van der Waals surface area contributed by atoms with Crippen LogP contribution in [0.25, 0.3) is 0 Å². The molecule has 2 rings (SSSR count). The molecule has 6 heteroatoms. The quantitative estimate of drug-likeness (QED) is 0.604. The van der Waals surface area contributed by atoms with E-state index in [-0.39, 0.29) is 6.54 Å². The molecule has 0 spiro atoms. The molecule has 2 N–H and O–H groups in total. The molecule has 1 aliphatic rings. The molecule has 0 bridgehead atoms. The number of benzene rings is 1. The molecule has 1 saturated heterocycles. The molecular weight excluding hydrogens is 246 g/mol. The van der Waals surface area contributed by atoms with Crippen molar-refractivity contribution < 1.29 is 14.4 Å². The average molecular weight is 261 g/mol. The van der Waals surface area contributed by atoms with Crippen molar-refractivity contribution in [3.63, 3.8) is 0 Å². The zero-order valence-electron chi connectivity index (χ0n) is 10.8. The van der Waals surface area contributed by atoms with Crippen LogP contribution in [0.2, 0.25) is 0 Å². The van der Waals surface area contributed by atoms with Gasteiger partial charge >= 0.3 is 6.03 Å². The van der Waals surface area contributed by atoms with Gasteiger partial charge in [0.2, 0.25) is 0 Å². The summed E-state index contributed by atoms with van der Waals surface area (Å²) in [6.45, 7) is 1.64. The summed E-state index contributed by atoms with van der Waals surface area (Å²) in [4.78, 5) is 36.9. The number of nitrogens with zero attached hydrogens (tertiary/aromatic N) is 1. The van der Waals surface area contributed by atoms with Crippen LogP contribution in [-0.4, -0.2) is 35.3 Å². The molecule has 1 atom stereocenters. The van der Waals surface area contributed by atoms with Crippen molar-refractivity contribution >= 4 is 17.8 Å². The molecule has 0 radical (unpaired) electrons. The first kappa shape index (κ1) is 13.1. The summed E-state index contributed by atoms with van der Waals surface area (Å²) in [7, 11) is 1.43. The van der Waals surface area contributed by atoms with Gasteiger partial charge in [0.25, 0.3) is 11.8 Å². The SMILES string of the molecule is CNC(=O)C1(C)C(=O)NC(=O)N1Cc1ccccc1. The highest BCUT2D eigenvalue weighted by atomic mass is 16.2. The number of likely N-dealkylation sites (N-methyl/N-ethyl adjacent to an activating group) is 1. The minimum Gasteiger partial charge on any atom is -0.357 e. The number of urea groups is 1. The fourth-order valence-electron chi connectivity index (χ4n) is 2.08. The zero-order chi connectivity index (χ0) is 14.0. The van der Waals surface area contributed by atoms with Gasteiger partial charge < -0.3 is 5.32 Å². The summed E-state index contributed by atoms with van der Waals surface area (Å²) >= 11 is 0. The first-order valence-electron chi connectivity index (χ1n) is 5.89. The lowest BCUT2D eigenvalue weighted by Gasteiger charge is -2.29. The van der Waals surface area contributed by atoms with Gasteiger partial charge in [0.1, 0.15) is 0 Å². The molecular formula is C13H15N3O3. The smallest absolute Gasteiger partial charge is 0.325 e. The Morgan fingerprint density at radius 2 is 1.95 bits per heavy atom. The van der Waals surface area contributed by atoms with E-state index in [1.165, 1.54) is 18.9 Å². The third kappa shape index (κ3) is 2.05. The van der Waals surface area contributed by atoms with Crippen molar-refractivity contribution in [2.24, 2.45) is 0 Å². The van der Waals surface area contributed by atoms with Gasteiger partial charge in [-0.2, -0.15) is 0 Å². The van der Waals surface area contributed by atoms with Gasteiger partial charge in [0, 0.05) is 13.6 Å². The van der Waals surface area contributed by atoms with Crippen LogP contribution in [0.15, 0.2) is 30.3 Å². The molecule has 1 aliphatic heterocycles. The topological polar surface area (TPSA) is 78.5 Å². The van der Waals surface area contributed by atoms with E-state index < -0.39 is 23.4 Å². The normalized spacial score (nSPS) is 22.3. The maximum absolute atomic E-state index is 11.9. The van der Waals surface area contributed by atoms with E-state index >= 15 is 0 Å². The van der Waals surface area contributed by atoms with Gasteiger partial charge in [-0.05, 0) is 12.5 Å². The first-order valence-corrected chi connectivity index (χ1v) is 5.89. The van der Waals surface area contributed by atoms with E-state index in [0.29, 0.717) is 0 Å². The average Bonchev–Trinajstić information content (AvgIpc) is 2.63. The second-order valence-electron chi connectivity index (χ2n) is 4.48. The fourth-order valence-corrected chi connectivity index (χ4v) is 2.08. The predicted octanol–water partition coefficient (Wildman–Crippen LogP) is 0.243. The zero-order valence-corrected chi connectivity index (χ0v) is 10.8. The van der Waals surface area contributed by atoms with Crippen molar-refractivity contribution in [3.8, 4) is 0 Å². The Morgan fingerprint density at radius 1 is 1.32 bits per heavy atom. The lowest BCUT2D eigenvalue weighted by molar-refractivity contribution is -0.139. The maximum atomic E-state index is 11.9. The predicted molar refractivity (Wildman–Crippen MR) is 68.0 cm³/mol. The standard InChI is InChI=1S/C13H15N3O3/c1-13(10(17)14-2)11(18)15-12(19)16(13)8-9-6-4-3-5-7-9/h3-7H,8H2,1-2H3,(H,14,17)(H,15,18,19). The highest BCUT2D eigenvalue weighted by Crippen LogP contribution is 2.24. The summed E-state index contributed by atoms with van der Waals surface area (Å²) in [5, 5.41) is 4.60. The van der Waals surface area contributed by atoms with Gasteiger partial charge in [0.05, 0.1) is 0 Å². The van der Waals surface area contributed by atoms with Crippen molar-refractivity contribution in [3.05, 3.63) is 35.9 Å². The van der Waals surface area contributed by atoms with Crippen LogP contribution in [0.5, 0.6) is 0 Å². The van der Waals surface area contributed by atoms with Crippen molar-refractivity contribution in [1.82, 2.24) is 15.5 Å². The molecule has 0 saturated carbocycles. The molecule has 100 valence electrons. The van der Waals surface area contributed by atoms with Crippen LogP contribution >= 0.6 is 0 Å². The van der Waals surface area contributed by atoms with Gasteiger partial charge in [-0.1, -0.05) is 30.3 Å². The Hall–Kier alpha value is -2.37. The third-order valence-corrected chi connectivity index (χ3v) is 3.30. The van der Waals surface area contributed by atoms with Crippen molar-refractivity contribution in [1.29, 1.82) is 0 Å². The van der Waals surface area contributed by atoms with Crippen molar-refractivity contribution in [2.75, 3.05) is 7.05 Å². The number of hydrogen-bond acceptors (Lipinski definition) is 3. The summed E-state index contributed by atoms with van der Waals surface area (Å²) in [5.74, 6) is -1.11. The number of hydrogen-bond donors (Lipinski definition) is 2. The monoisotopic (exact) mass is 261 g/mol. The summed E-state index contributed by atoms with van der Waals surface area (Å²) < 4.78 is 0. The summed E-state index contributed by atoms with van der Waals surface area (Å²) in [6, 6.07) is 8.64. The van der Waals surface area contributed by atoms with Crippen LogP contribution < -0.4 is 10.6 Å². The number of nitrogens with one attached hydrogen (secondary N) is 2. The third-order valence-electron chi connectivity index (χ3n) is 3.30. The molecule has 1 aromatic rings. The summed E-state index contributed by atoms with van der Waals surface area (Å²) in [5.41, 5.74) is -0.663. The van der Waals surface area contributed by atoms with Crippen LogP contribution in [0.4, 0.5) is 4.79 Å². The molecule has 6 nitrogen and oxygen atoms in total. The second kappa shape index (κ2) is 4.72. The van der Waals surface area contributed by atoms with Gasteiger partial charge in [0.15, 0.2) is 5.54 Å². The molecule has 1 unspecified atom stereocenters. The Labute approximate surface area is 110 Å². The second-order valence-corrected chi connectivity index (χ2v) is 4.48. The molecule has 19 heavy (non-hydrogen) atoms. The van der Waals surface area contributed by atoms with E-state index in [1.54, 1.807) is 0 Å². The molecule has 1 heterocycles. The van der Waals surface area contributed by atoms with Crippen LogP contribution in [-0.2, 0) is 16.1 Å². The first-order chi connectivity index (χ1) is 9.00. The summed E-state index contributed by atoms with van der Waals surface area (Å²) in [6.07, 6.45) is 0. The Morgan fingerprint density at radius 3 is 2.53 bits per heavy atom. The molecule has 4 amide bonds. The van der Waals surface area contributed by atoms with E-state index in [2.05, 4.69) is 10.6 Å². The van der Waals surface area contributed by atoms with E-state index in [4.69, 9.17) is 0 Å². The largest absolute Gasteiger partial charge is 0.357 e. The van der Waals surface area contributed by atoms with Crippen molar-refractivity contribution in [2.45, 2.75) is 19.0 Å². The lowest BCUT2D eigenvalue weighted by atomic mass is 9.99.